The van der Waals surface area contributed by atoms with Gasteiger partial charge in [-0.2, -0.15) is 0 Å². The molecule has 2 aromatic carbocycles. The van der Waals surface area contributed by atoms with Crippen molar-refractivity contribution in [1.29, 1.82) is 0 Å². The van der Waals surface area contributed by atoms with Crippen molar-refractivity contribution in [2.24, 2.45) is 0 Å². The predicted octanol–water partition coefficient (Wildman–Crippen LogP) is -0.103. The fourth-order valence-electron chi connectivity index (χ4n) is 3.74. The average Bonchev–Trinajstić information content (AvgIpc) is 2.76. The first kappa shape index (κ1) is 22.4. The lowest BCUT2D eigenvalue weighted by Crippen LogP contribution is -2.59. The number of carbonyl (C=O) groups is 1. The fraction of sp³-hybridized carbons (Fsp3) is 0.409. The number of aliphatic hydroxyl groups is 5. The molecule has 0 bridgehead atoms. The Morgan fingerprint density at radius 3 is 2.40 bits per heavy atom. The lowest BCUT2D eigenvalue weighted by atomic mass is 9.87. The number of hydrogen-bond acceptors (Lipinski definition) is 7. The Morgan fingerprint density at radius 2 is 1.77 bits per heavy atom. The number of aryl methyl sites for hydroxylation is 1. The van der Waals surface area contributed by atoms with Crippen LogP contribution in [-0.2, 0) is 4.74 Å². The number of rotatable bonds is 5. The maximum Gasteiger partial charge on any atom is 0.251 e. The van der Waals surface area contributed by atoms with Crippen molar-refractivity contribution in [3.8, 4) is 11.1 Å². The first-order valence-electron chi connectivity index (χ1n) is 9.70. The second-order valence-corrected chi connectivity index (χ2v) is 7.47. The molecule has 1 saturated heterocycles. The SMILES string of the molecule is CNC(=O)c1cccc(-c2ccc([C@H](O)[C@H]3OC(CO)[C@@H](O)[C@H](O)C3O)c(C)c2)c1. The highest BCUT2D eigenvalue weighted by Crippen LogP contribution is 2.33. The molecule has 1 fully saturated rings. The van der Waals surface area contributed by atoms with Gasteiger partial charge in [0.15, 0.2) is 0 Å². The lowest BCUT2D eigenvalue weighted by Gasteiger charge is -2.42. The third-order valence-corrected chi connectivity index (χ3v) is 5.51. The molecular weight excluding hydrogens is 390 g/mol. The number of nitrogens with one attached hydrogen (secondary N) is 1. The van der Waals surface area contributed by atoms with Crippen molar-refractivity contribution in [3.05, 3.63) is 59.2 Å². The molecular formula is C22H27NO7. The summed E-state index contributed by atoms with van der Waals surface area (Å²) in [5, 5.41) is 52.9. The second kappa shape index (κ2) is 9.22. The molecule has 8 nitrogen and oxygen atoms in total. The van der Waals surface area contributed by atoms with E-state index in [2.05, 4.69) is 5.32 Å². The number of aliphatic hydroxyl groups excluding tert-OH is 5. The maximum atomic E-state index is 11.9. The van der Waals surface area contributed by atoms with Gasteiger partial charge in [0, 0.05) is 12.6 Å². The van der Waals surface area contributed by atoms with Crippen molar-refractivity contribution in [3.63, 3.8) is 0 Å². The molecule has 2 unspecified atom stereocenters. The van der Waals surface area contributed by atoms with Gasteiger partial charge in [0.1, 0.15) is 36.6 Å². The molecule has 0 aromatic heterocycles. The van der Waals surface area contributed by atoms with Gasteiger partial charge in [0.2, 0.25) is 0 Å². The highest BCUT2D eigenvalue weighted by atomic mass is 16.6. The molecule has 0 aliphatic carbocycles. The third kappa shape index (κ3) is 4.24. The largest absolute Gasteiger partial charge is 0.394 e. The molecule has 1 amide bonds. The molecule has 1 heterocycles. The number of benzene rings is 2. The van der Waals surface area contributed by atoms with Crippen LogP contribution in [0.4, 0.5) is 0 Å². The predicted molar refractivity (Wildman–Crippen MR) is 109 cm³/mol. The van der Waals surface area contributed by atoms with E-state index >= 15 is 0 Å². The Morgan fingerprint density at radius 1 is 1.07 bits per heavy atom. The van der Waals surface area contributed by atoms with Gasteiger partial charge in [-0.15, -0.1) is 0 Å². The number of ether oxygens (including phenoxy) is 1. The monoisotopic (exact) mass is 417 g/mol. The normalized spacial score (nSPS) is 27.5. The molecule has 1 aliphatic rings. The zero-order chi connectivity index (χ0) is 22.0. The third-order valence-electron chi connectivity index (χ3n) is 5.51. The van der Waals surface area contributed by atoms with E-state index in [9.17, 15) is 30.3 Å². The Balaban J connectivity index is 1.87. The van der Waals surface area contributed by atoms with Gasteiger partial charge in [0.05, 0.1) is 6.61 Å². The van der Waals surface area contributed by atoms with E-state index < -0.39 is 43.2 Å². The van der Waals surface area contributed by atoms with E-state index in [4.69, 9.17) is 4.74 Å². The van der Waals surface area contributed by atoms with Gasteiger partial charge >= 0.3 is 0 Å². The summed E-state index contributed by atoms with van der Waals surface area (Å²) in [7, 11) is 1.56. The van der Waals surface area contributed by atoms with Crippen LogP contribution in [0, 0.1) is 6.92 Å². The van der Waals surface area contributed by atoms with Crippen molar-refractivity contribution in [2.45, 2.75) is 43.5 Å². The van der Waals surface area contributed by atoms with Crippen LogP contribution in [0.2, 0.25) is 0 Å². The molecule has 0 saturated carbocycles. The van der Waals surface area contributed by atoms with Crippen LogP contribution in [-0.4, -0.2) is 75.6 Å². The summed E-state index contributed by atoms with van der Waals surface area (Å²) in [6.45, 7) is 1.22. The smallest absolute Gasteiger partial charge is 0.251 e. The number of amides is 1. The maximum absolute atomic E-state index is 11.9. The van der Waals surface area contributed by atoms with Crippen molar-refractivity contribution in [1.82, 2.24) is 5.32 Å². The molecule has 2 aromatic rings. The van der Waals surface area contributed by atoms with Gasteiger partial charge < -0.3 is 35.6 Å². The zero-order valence-corrected chi connectivity index (χ0v) is 16.8. The van der Waals surface area contributed by atoms with Crippen LogP contribution in [0.5, 0.6) is 0 Å². The van der Waals surface area contributed by atoms with Gasteiger partial charge in [-0.3, -0.25) is 4.79 Å². The first-order valence-corrected chi connectivity index (χ1v) is 9.70. The van der Waals surface area contributed by atoms with E-state index in [1.54, 1.807) is 44.3 Å². The molecule has 6 N–H and O–H groups in total. The minimum absolute atomic E-state index is 0.191. The number of carbonyl (C=O) groups excluding carboxylic acids is 1. The van der Waals surface area contributed by atoms with Gasteiger partial charge in [-0.05, 0) is 41.3 Å². The zero-order valence-electron chi connectivity index (χ0n) is 16.8. The summed E-state index contributed by atoms with van der Waals surface area (Å²) in [5.41, 5.74) is 3.38. The summed E-state index contributed by atoms with van der Waals surface area (Å²) in [6.07, 6.45) is -8.16. The molecule has 1 aliphatic heterocycles. The number of hydrogen-bond donors (Lipinski definition) is 6. The van der Waals surface area contributed by atoms with Crippen molar-refractivity contribution >= 4 is 5.91 Å². The summed E-state index contributed by atoms with van der Waals surface area (Å²) in [5.74, 6) is -0.191. The summed E-state index contributed by atoms with van der Waals surface area (Å²) < 4.78 is 5.47. The Labute approximate surface area is 174 Å². The second-order valence-electron chi connectivity index (χ2n) is 7.47. The fourth-order valence-corrected chi connectivity index (χ4v) is 3.74. The minimum Gasteiger partial charge on any atom is -0.394 e. The molecule has 162 valence electrons. The lowest BCUT2D eigenvalue weighted by molar-refractivity contribution is -0.250. The Kier molecular flexibility index (Phi) is 6.87. The quantitative estimate of drug-likeness (QED) is 0.399. The van der Waals surface area contributed by atoms with Crippen LogP contribution in [0.3, 0.4) is 0 Å². The van der Waals surface area contributed by atoms with Crippen molar-refractivity contribution in [2.75, 3.05) is 13.7 Å². The van der Waals surface area contributed by atoms with Crippen LogP contribution in [0.25, 0.3) is 11.1 Å². The molecule has 30 heavy (non-hydrogen) atoms. The molecule has 0 radical (unpaired) electrons. The topological polar surface area (TPSA) is 139 Å². The highest BCUT2D eigenvalue weighted by molar-refractivity contribution is 5.95. The van der Waals surface area contributed by atoms with E-state index in [1.807, 2.05) is 12.1 Å². The minimum atomic E-state index is -1.55. The van der Waals surface area contributed by atoms with Gasteiger partial charge in [-0.25, -0.2) is 0 Å². The Bertz CT molecular complexity index is 901. The van der Waals surface area contributed by atoms with Crippen LogP contribution < -0.4 is 5.32 Å². The van der Waals surface area contributed by atoms with Crippen LogP contribution in [0.1, 0.15) is 27.6 Å². The molecule has 6 atom stereocenters. The summed E-state index contributed by atoms with van der Waals surface area (Å²) in [6, 6.07) is 12.4. The van der Waals surface area contributed by atoms with Gasteiger partial charge in [-0.1, -0.05) is 30.3 Å². The van der Waals surface area contributed by atoms with Crippen LogP contribution >= 0.6 is 0 Å². The van der Waals surface area contributed by atoms with E-state index in [0.717, 1.165) is 11.1 Å². The average molecular weight is 417 g/mol. The summed E-state index contributed by atoms with van der Waals surface area (Å²) >= 11 is 0. The summed E-state index contributed by atoms with van der Waals surface area (Å²) in [4.78, 5) is 11.9. The van der Waals surface area contributed by atoms with E-state index in [1.165, 1.54) is 0 Å². The molecule has 8 heteroatoms. The van der Waals surface area contributed by atoms with Crippen LogP contribution in [0.15, 0.2) is 42.5 Å². The van der Waals surface area contributed by atoms with E-state index in [0.29, 0.717) is 16.7 Å². The van der Waals surface area contributed by atoms with E-state index in [-0.39, 0.29) is 5.91 Å². The molecule has 3 rings (SSSR count). The van der Waals surface area contributed by atoms with Gasteiger partial charge in [0.25, 0.3) is 5.91 Å². The molecule has 0 spiro atoms. The first-order chi connectivity index (χ1) is 14.3. The van der Waals surface area contributed by atoms with Crippen molar-refractivity contribution < 1.29 is 35.1 Å². The highest BCUT2D eigenvalue weighted by Gasteiger charge is 2.46. The Hall–Kier alpha value is -2.33. The standard InChI is InChI=1S/C22H27NO7/c1-11-8-13(12-4-3-5-14(9-12)22(29)23-2)6-7-15(11)17(25)21-20(28)19(27)18(26)16(10-24)30-21/h3-9,16-21,24-28H,10H2,1-2H3,(H,23,29)/t16?,17-,18+,19-,20?,21+/m0/s1.